The number of aromatic nitrogens is 3. The number of anilines is 1. The van der Waals surface area contributed by atoms with Crippen LogP contribution in [-0.2, 0) is 6.42 Å². The molecule has 0 atom stereocenters. The molecule has 6 heteroatoms. The molecule has 1 aromatic carbocycles. The van der Waals surface area contributed by atoms with Gasteiger partial charge in [-0.2, -0.15) is 5.10 Å². The van der Waals surface area contributed by atoms with Crippen LogP contribution >= 0.6 is 11.3 Å². The molecule has 0 saturated heterocycles. The predicted octanol–water partition coefficient (Wildman–Crippen LogP) is 3.14. The summed E-state index contributed by atoms with van der Waals surface area (Å²) in [7, 11) is 0. The average molecular weight is 286 g/mol. The number of thiazole rings is 1. The van der Waals surface area contributed by atoms with Gasteiger partial charge in [0.1, 0.15) is 0 Å². The SMILES string of the molecule is CCc1nc(NC(=O)c2ccc3cn[nH]c3c2)sc1C. The van der Waals surface area contributed by atoms with Gasteiger partial charge in [0.05, 0.1) is 17.4 Å². The highest BCUT2D eigenvalue weighted by Gasteiger charge is 2.11. The van der Waals surface area contributed by atoms with E-state index in [0.29, 0.717) is 10.7 Å². The number of hydrogen-bond donors (Lipinski definition) is 2. The summed E-state index contributed by atoms with van der Waals surface area (Å²) in [6.45, 7) is 4.07. The molecule has 0 unspecified atom stereocenters. The highest BCUT2D eigenvalue weighted by atomic mass is 32.1. The summed E-state index contributed by atoms with van der Waals surface area (Å²) in [5.74, 6) is -0.155. The Morgan fingerprint density at radius 3 is 3.05 bits per heavy atom. The van der Waals surface area contributed by atoms with E-state index in [2.05, 4.69) is 27.4 Å². The first-order valence-electron chi connectivity index (χ1n) is 6.38. The summed E-state index contributed by atoms with van der Waals surface area (Å²) in [6, 6.07) is 5.45. The number of nitrogens with zero attached hydrogens (tertiary/aromatic N) is 2. The molecule has 0 bridgehead atoms. The molecular weight excluding hydrogens is 272 g/mol. The third-order valence-corrected chi connectivity index (χ3v) is 4.08. The number of rotatable bonds is 3. The van der Waals surface area contributed by atoms with Gasteiger partial charge in [-0.3, -0.25) is 15.2 Å². The lowest BCUT2D eigenvalue weighted by Crippen LogP contribution is -2.11. The van der Waals surface area contributed by atoms with Crippen molar-refractivity contribution in [2.45, 2.75) is 20.3 Å². The second-order valence-electron chi connectivity index (χ2n) is 4.50. The molecule has 20 heavy (non-hydrogen) atoms. The fraction of sp³-hybridized carbons (Fsp3) is 0.214. The van der Waals surface area contributed by atoms with E-state index in [1.165, 1.54) is 11.3 Å². The first-order chi connectivity index (χ1) is 9.67. The molecular formula is C14H14N4OS. The van der Waals surface area contributed by atoms with Crippen LogP contribution in [0, 0.1) is 6.92 Å². The zero-order chi connectivity index (χ0) is 14.1. The maximum absolute atomic E-state index is 12.2. The Labute approximate surface area is 120 Å². The van der Waals surface area contributed by atoms with Gasteiger partial charge in [-0.1, -0.05) is 13.0 Å². The fourth-order valence-corrected chi connectivity index (χ4v) is 2.95. The van der Waals surface area contributed by atoms with E-state index in [1.807, 2.05) is 13.0 Å². The van der Waals surface area contributed by atoms with Crippen molar-refractivity contribution in [1.29, 1.82) is 0 Å². The number of carbonyl (C=O) groups excluding carboxylic acids is 1. The maximum atomic E-state index is 12.2. The first kappa shape index (κ1) is 12.8. The topological polar surface area (TPSA) is 70.7 Å². The maximum Gasteiger partial charge on any atom is 0.257 e. The van der Waals surface area contributed by atoms with Crippen LogP contribution in [0.4, 0.5) is 5.13 Å². The summed E-state index contributed by atoms with van der Waals surface area (Å²) >= 11 is 1.50. The third kappa shape index (κ3) is 2.30. The van der Waals surface area contributed by atoms with Crippen molar-refractivity contribution < 1.29 is 4.79 Å². The quantitative estimate of drug-likeness (QED) is 0.777. The number of carbonyl (C=O) groups is 1. The zero-order valence-corrected chi connectivity index (χ0v) is 12.0. The molecule has 102 valence electrons. The second kappa shape index (κ2) is 5.05. The third-order valence-electron chi connectivity index (χ3n) is 3.15. The van der Waals surface area contributed by atoms with Crippen molar-refractivity contribution >= 4 is 33.3 Å². The molecule has 5 nitrogen and oxygen atoms in total. The van der Waals surface area contributed by atoms with E-state index in [9.17, 15) is 4.79 Å². The highest BCUT2D eigenvalue weighted by molar-refractivity contribution is 7.15. The minimum Gasteiger partial charge on any atom is -0.298 e. The lowest BCUT2D eigenvalue weighted by atomic mass is 10.1. The summed E-state index contributed by atoms with van der Waals surface area (Å²) in [5, 5.41) is 11.3. The molecule has 0 aliphatic carbocycles. The van der Waals surface area contributed by atoms with E-state index in [4.69, 9.17) is 0 Å². The van der Waals surface area contributed by atoms with Crippen molar-refractivity contribution in [3.05, 3.63) is 40.5 Å². The number of hydrogen-bond acceptors (Lipinski definition) is 4. The number of nitrogens with one attached hydrogen (secondary N) is 2. The van der Waals surface area contributed by atoms with Crippen molar-refractivity contribution in [1.82, 2.24) is 15.2 Å². The van der Waals surface area contributed by atoms with Crippen LogP contribution in [0.2, 0.25) is 0 Å². The van der Waals surface area contributed by atoms with Gasteiger partial charge in [0, 0.05) is 15.8 Å². The van der Waals surface area contributed by atoms with Gasteiger partial charge in [-0.05, 0) is 25.5 Å². The number of aryl methyl sites for hydroxylation is 2. The molecule has 2 aromatic heterocycles. The Morgan fingerprint density at radius 1 is 1.45 bits per heavy atom. The normalized spacial score (nSPS) is 10.9. The summed E-state index contributed by atoms with van der Waals surface area (Å²) in [6.07, 6.45) is 2.60. The summed E-state index contributed by atoms with van der Waals surface area (Å²) < 4.78 is 0. The molecule has 2 heterocycles. The molecule has 0 aliphatic rings. The molecule has 0 fully saturated rings. The van der Waals surface area contributed by atoms with Crippen molar-refractivity contribution in [2.24, 2.45) is 0 Å². The number of H-pyrrole nitrogens is 1. The van der Waals surface area contributed by atoms with Crippen LogP contribution in [0.5, 0.6) is 0 Å². The molecule has 0 aliphatic heterocycles. The van der Waals surface area contributed by atoms with Gasteiger partial charge in [0.25, 0.3) is 5.91 Å². The summed E-state index contributed by atoms with van der Waals surface area (Å²) in [5.41, 5.74) is 2.48. The van der Waals surface area contributed by atoms with Crippen LogP contribution < -0.4 is 5.32 Å². The Balaban J connectivity index is 1.84. The molecule has 3 aromatic rings. The van der Waals surface area contributed by atoms with Gasteiger partial charge in [0.2, 0.25) is 0 Å². The minimum absolute atomic E-state index is 0.155. The van der Waals surface area contributed by atoms with Crippen LogP contribution in [0.3, 0.4) is 0 Å². The van der Waals surface area contributed by atoms with Gasteiger partial charge in [0.15, 0.2) is 5.13 Å². The summed E-state index contributed by atoms with van der Waals surface area (Å²) in [4.78, 5) is 17.8. The fourth-order valence-electron chi connectivity index (χ4n) is 2.06. The van der Waals surface area contributed by atoms with Gasteiger partial charge in [-0.15, -0.1) is 11.3 Å². The molecule has 1 amide bonds. The Hall–Kier alpha value is -2.21. The molecule has 0 saturated carbocycles. The second-order valence-corrected chi connectivity index (χ2v) is 5.70. The molecule has 3 rings (SSSR count). The first-order valence-corrected chi connectivity index (χ1v) is 7.20. The standard InChI is InChI=1S/C14H14N4OS/c1-3-11-8(2)20-14(16-11)17-13(19)9-4-5-10-7-15-18-12(10)6-9/h4-7H,3H2,1-2H3,(H,15,18)(H,16,17,19). The van der Waals surface area contributed by atoms with Crippen molar-refractivity contribution in [3.63, 3.8) is 0 Å². The average Bonchev–Trinajstić information content (AvgIpc) is 3.03. The van der Waals surface area contributed by atoms with Gasteiger partial charge in [-0.25, -0.2) is 4.98 Å². The van der Waals surface area contributed by atoms with E-state index in [-0.39, 0.29) is 5.91 Å². The zero-order valence-electron chi connectivity index (χ0n) is 11.2. The molecule has 0 radical (unpaired) electrons. The van der Waals surface area contributed by atoms with Gasteiger partial charge < -0.3 is 0 Å². The van der Waals surface area contributed by atoms with Crippen LogP contribution in [0.15, 0.2) is 24.4 Å². The van der Waals surface area contributed by atoms with E-state index < -0.39 is 0 Å². The number of fused-ring (bicyclic) bond motifs is 1. The lowest BCUT2D eigenvalue weighted by Gasteiger charge is -2.01. The van der Waals surface area contributed by atoms with E-state index >= 15 is 0 Å². The molecule has 0 spiro atoms. The Morgan fingerprint density at radius 2 is 2.30 bits per heavy atom. The van der Waals surface area contributed by atoms with E-state index in [0.717, 1.165) is 27.9 Å². The predicted molar refractivity (Wildman–Crippen MR) is 80.3 cm³/mol. The monoisotopic (exact) mass is 286 g/mol. The minimum atomic E-state index is -0.155. The Bertz CT molecular complexity index is 774. The van der Waals surface area contributed by atoms with Crippen LogP contribution in [-0.4, -0.2) is 21.1 Å². The molecule has 2 N–H and O–H groups in total. The van der Waals surface area contributed by atoms with Crippen LogP contribution in [0.1, 0.15) is 27.9 Å². The Kier molecular flexibility index (Phi) is 3.23. The number of benzene rings is 1. The van der Waals surface area contributed by atoms with Crippen molar-refractivity contribution in [2.75, 3.05) is 5.32 Å². The number of amides is 1. The van der Waals surface area contributed by atoms with Gasteiger partial charge >= 0.3 is 0 Å². The number of aromatic amines is 1. The van der Waals surface area contributed by atoms with Crippen molar-refractivity contribution in [3.8, 4) is 0 Å². The lowest BCUT2D eigenvalue weighted by molar-refractivity contribution is 0.102. The van der Waals surface area contributed by atoms with Crippen LogP contribution in [0.25, 0.3) is 10.9 Å². The van der Waals surface area contributed by atoms with E-state index in [1.54, 1.807) is 18.3 Å². The largest absolute Gasteiger partial charge is 0.298 e. The smallest absolute Gasteiger partial charge is 0.257 e. The highest BCUT2D eigenvalue weighted by Crippen LogP contribution is 2.23.